The summed E-state index contributed by atoms with van der Waals surface area (Å²) < 4.78 is 8.11. The second kappa shape index (κ2) is 5.00. The number of likely N-dealkylation sites (tertiary alicyclic amines) is 1. The summed E-state index contributed by atoms with van der Waals surface area (Å²) in [5.74, 6) is 0.721. The maximum absolute atomic E-state index is 10.7. The van der Waals surface area contributed by atoms with Crippen molar-refractivity contribution in [3.63, 3.8) is 0 Å². The molecule has 4 rings (SSSR count). The van der Waals surface area contributed by atoms with Gasteiger partial charge in [0.05, 0.1) is 0 Å². The van der Waals surface area contributed by atoms with Gasteiger partial charge in [0.25, 0.3) is 0 Å². The van der Waals surface area contributed by atoms with Crippen molar-refractivity contribution in [3.05, 3.63) is 24.4 Å². The van der Waals surface area contributed by atoms with E-state index in [0.717, 1.165) is 62.1 Å². The molecule has 2 aromatic rings. The average Bonchev–Trinajstić information content (AvgIpc) is 2.87. The smallest absolute Gasteiger partial charge is 0.215 e. The van der Waals surface area contributed by atoms with Gasteiger partial charge in [0.15, 0.2) is 0 Å². The highest BCUT2D eigenvalue weighted by atomic mass is 16.5. The molecule has 2 fully saturated rings. The Morgan fingerprint density at radius 2 is 2.05 bits per heavy atom. The molecule has 1 amide bonds. The number of carbonyl (C=O) groups is 1. The number of hydrogen-bond donors (Lipinski definition) is 0. The van der Waals surface area contributed by atoms with Crippen molar-refractivity contribution >= 4 is 17.4 Å². The second-order valence-corrected chi connectivity index (χ2v) is 6.82. The lowest BCUT2D eigenvalue weighted by atomic mass is 9.68. The van der Waals surface area contributed by atoms with Crippen LogP contribution in [0.15, 0.2) is 24.4 Å². The highest BCUT2D eigenvalue weighted by Crippen LogP contribution is 2.43. The van der Waals surface area contributed by atoms with Gasteiger partial charge in [-0.2, -0.15) is 4.98 Å². The molecule has 2 aliphatic rings. The van der Waals surface area contributed by atoms with Gasteiger partial charge in [-0.25, -0.2) is 0 Å². The Morgan fingerprint density at radius 3 is 2.77 bits per heavy atom. The third-order valence-electron chi connectivity index (χ3n) is 5.20. The molecule has 0 aromatic carbocycles. The minimum absolute atomic E-state index is 0.251. The Bertz CT molecular complexity index is 693. The van der Waals surface area contributed by atoms with Gasteiger partial charge in [-0.05, 0) is 37.8 Å². The molecule has 0 radical (unpaired) electrons. The van der Waals surface area contributed by atoms with Crippen LogP contribution in [0.3, 0.4) is 0 Å². The third-order valence-corrected chi connectivity index (χ3v) is 5.20. The van der Waals surface area contributed by atoms with E-state index < -0.39 is 0 Å². The molecule has 5 nitrogen and oxygen atoms in total. The van der Waals surface area contributed by atoms with Gasteiger partial charge in [-0.3, -0.25) is 4.79 Å². The number of aryl methyl sites for hydroxylation is 1. The molecule has 0 N–H and O–H groups in total. The summed E-state index contributed by atoms with van der Waals surface area (Å²) in [6.07, 6.45) is 7.64. The maximum atomic E-state index is 10.7. The van der Waals surface area contributed by atoms with Crippen molar-refractivity contribution in [3.8, 4) is 5.88 Å². The van der Waals surface area contributed by atoms with Crippen molar-refractivity contribution in [2.24, 2.45) is 12.5 Å². The molecule has 3 heterocycles. The zero-order valence-electron chi connectivity index (χ0n) is 12.9. The lowest BCUT2D eigenvalue weighted by molar-refractivity contribution is -0.132. The van der Waals surface area contributed by atoms with E-state index in [1.807, 2.05) is 28.8 Å². The van der Waals surface area contributed by atoms with Crippen LogP contribution < -0.4 is 4.74 Å². The molecule has 0 unspecified atom stereocenters. The average molecular weight is 299 g/mol. The van der Waals surface area contributed by atoms with Gasteiger partial charge in [0, 0.05) is 43.2 Å². The third kappa shape index (κ3) is 2.25. The predicted octanol–water partition coefficient (Wildman–Crippen LogP) is 2.35. The molecular formula is C17H21N3O2. The Hall–Kier alpha value is -2.04. The molecule has 1 saturated heterocycles. The summed E-state index contributed by atoms with van der Waals surface area (Å²) in [6, 6.07) is 6.09. The van der Waals surface area contributed by atoms with E-state index in [1.54, 1.807) is 0 Å². The Labute approximate surface area is 129 Å². The molecule has 1 saturated carbocycles. The molecule has 5 heteroatoms. The van der Waals surface area contributed by atoms with E-state index >= 15 is 0 Å². The van der Waals surface area contributed by atoms with Crippen LogP contribution in [0.25, 0.3) is 11.0 Å². The fourth-order valence-electron chi connectivity index (χ4n) is 3.88. The monoisotopic (exact) mass is 299 g/mol. The minimum Gasteiger partial charge on any atom is -0.474 e. The van der Waals surface area contributed by atoms with Crippen LogP contribution in [-0.4, -0.2) is 40.1 Å². The Morgan fingerprint density at radius 1 is 1.27 bits per heavy atom. The van der Waals surface area contributed by atoms with Crippen LogP contribution in [0, 0.1) is 5.41 Å². The molecule has 0 bridgehead atoms. The van der Waals surface area contributed by atoms with E-state index in [0.29, 0.717) is 5.41 Å². The van der Waals surface area contributed by atoms with Crippen LogP contribution in [0.5, 0.6) is 5.88 Å². The Kier molecular flexibility index (Phi) is 3.10. The first kappa shape index (κ1) is 13.6. The summed E-state index contributed by atoms with van der Waals surface area (Å²) in [6.45, 7) is 1.85. The fourth-order valence-corrected chi connectivity index (χ4v) is 3.88. The maximum Gasteiger partial charge on any atom is 0.215 e. The first-order chi connectivity index (χ1) is 10.7. The number of aromatic nitrogens is 2. The number of rotatable bonds is 3. The number of ether oxygens (including phenoxy) is 1. The van der Waals surface area contributed by atoms with Crippen molar-refractivity contribution in [1.29, 1.82) is 0 Å². The van der Waals surface area contributed by atoms with Gasteiger partial charge in [0.2, 0.25) is 12.3 Å². The van der Waals surface area contributed by atoms with Crippen LogP contribution in [0.2, 0.25) is 0 Å². The number of hydrogen-bond acceptors (Lipinski definition) is 3. The summed E-state index contributed by atoms with van der Waals surface area (Å²) in [5.41, 5.74) is 1.33. The van der Waals surface area contributed by atoms with E-state index in [9.17, 15) is 4.79 Å². The molecule has 116 valence electrons. The van der Waals surface area contributed by atoms with E-state index in [4.69, 9.17) is 4.74 Å². The van der Waals surface area contributed by atoms with Gasteiger partial charge in [-0.15, -0.1) is 0 Å². The fraction of sp³-hybridized carbons (Fsp3) is 0.529. The van der Waals surface area contributed by atoms with Crippen LogP contribution in [0.1, 0.15) is 25.7 Å². The summed E-state index contributed by atoms with van der Waals surface area (Å²) >= 11 is 0. The number of carbonyl (C=O) groups excluding carboxylic acids is 1. The van der Waals surface area contributed by atoms with E-state index in [-0.39, 0.29) is 6.10 Å². The van der Waals surface area contributed by atoms with Gasteiger partial charge in [-0.1, -0.05) is 0 Å². The number of pyridine rings is 1. The second-order valence-electron chi connectivity index (χ2n) is 6.82. The standard InChI is InChI=1S/C17H21N3O2/c1-19-9-6-13-2-3-15(18-16(13)19)22-14-4-7-17(8-5-14)10-20(11-17)12-21/h2-3,6,9,12,14H,4-5,7-8,10-11H2,1H3. The molecule has 1 aliphatic carbocycles. The molecule has 1 spiro atoms. The highest BCUT2D eigenvalue weighted by Gasteiger charge is 2.45. The topological polar surface area (TPSA) is 47.4 Å². The summed E-state index contributed by atoms with van der Waals surface area (Å²) in [7, 11) is 2.00. The van der Waals surface area contributed by atoms with Crippen molar-refractivity contribution in [2.75, 3.05) is 13.1 Å². The SMILES string of the molecule is Cn1ccc2ccc(OC3CCC4(CC3)CN(C=O)C4)nc21. The molecule has 1 aliphatic heterocycles. The van der Waals surface area contributed by atoms with E-state index in [1.165, 1.54) is 0 Å². The molecular weight excluding hydrogens is 278 g/mol. The zero-order chi connectivity index (χ0) is 15.2. The van der Waals surface area contributed by atoms with Gasteiger partial charge in [0.1, 0.15) is 11.8 Å². The predicted molar refractivity (Wildman–Crippen MR) is 83.7 cm³/mol. The lowest BCUT2D eigenvalue weighted by Crippen LogP contribution is -2.57. The molecule has 2 aromatic heterocycles. The van der Waals surface area contributed by atoms with Gasteiger partial charge < -0.3 is 14.2 Å². The van der Waals surface area contributed by atoms with E-state index in [2.05, 4.69) is 17.1 Å². The lowest BCUT2D eigenvalue weighted by Gasteiger charge is -2.51. The quantitative estimate of drug-likeness (QED) is 0.817. The number of amides is 1. The first-order valence-electron chi connectivity index (χ1n) is 7.96. The molecule has 0 atom stereocenters. The summed E-state index contributed by atoms with van der Waals surface area (Å²) in [4.78, 5) is 17.2. The molecule has 22 heavy (non-hydrogen) atoms. The van der Waals surface area contributed by atoms with Crippen molar-refractivity contribution < 1.29 is 9.53 Å². The van der Waals surface area contributed by atoms with Gasteiger partial charge >= 0.3 is 0 Å². The largest absolute Gasteiger partial charge is 0.474 e. The normalized spacial score (nSPS) is 21.0. The van der Waals surface area contributed by atoms with Crippen molar-refractivity contribution in [1.82, 2.24) is 14.5 Å². The number of fused-ring (bicyclic) bond motifs is 1. The van der Waals surface area contributed by atoms with Crippen LogP contribution >= 0.6 is 0 Å². The summed E-state index contributed by atoms with van der Waals surface area (Å²) in [5, 5.41) is 1.14. The Balaban J connectivity index is 1.39. The highest BCUT2D eigenvalue weighted by molar-refractivity contribution is 5.76. The first-order valence-corrected chi connectivity index (χ1v) is 7.96. The van der Waals surface area contributed by atoms with Crippen molar-refractivity contribution in [2.45, 2.75) is 31.8 Å². The zero-order valence-corrected chi connectivity index (χ0v) is 12.9. The van der Waals surface area contributed by atoms with Crippen LogP contribution in [-0.2, 0) is 11.8 Å². The number of nitrogens with zero attached hydrogens (tertiary/aromatic N) is 3. The minimum atomic E-state index is 0.251. The van der Waals surface area contributed by atoms with Crippen LogP contribution in [0.4, 0.5) is 0 Å².